The van der Waals surface area contributed by atoms with Gasteiger partial charge in [-0.15, -0.1) is 0 Å². The summed E-state index contributed by atoms with van der Waals surface area (Å²) in [5.41, 5.74) is 2.41. The van der Waals surface area contributed by atoms with Crippen LogP contribution >= 0.6 is 0 Å². The predicted molar refractivity (Wildman–Crippen MR) is 52.5 cm³/mol. The molecule has 68 valence electrons. The Hall–Kier alpha value is -1.57. The van der Waals surface area contributed by atoms with Gasteiger partial charge in [-0.25, -0.2) is 4.79 Å². The van der Waals surface area contributed by atoms with Gasteiger partial charge < -0.3 is 5.11 Å². The molecule has 0 amide bonds. The van der Waals surface area contributed by atoms with Crippen LogP contribution in [0.15, 0.2) is 29.8 Å². The molecule has 2 nitrogen and oxygen atoms in total. The van der Waals surface area contributed by atoms with Crippen molar-refractivity contribution in [2.45, 2.75) is 13.8 Å². The van der Waals surface area contributed by atoms with E-state index in [0.29, 0.717) is 5.57 Å². The number of carboxylic acid groups (broad SMARTS) is 1. The maximum Gasteiger partial charge on any atom is 0.331 e. The summed E-state index contributed by atoms with van der Waals surface area (Å²) in [6.45, 7) is 3.57. The van der Waals surface area contributed by atoms with Crippen molar-refractivity contribution in [2.75, 3.05) is 0 Å². The lowest BCUT2D eigenvalue weighted by Crippen LogP contribution is -1.95. The third-order valence-electron chi connectivity index (χ3n) is 1.76. The van der Waals surface area contributed by atoms with Crippen LogP contribution in [0, 0.1) is 6.92 Å². The Bertz CT molecular complexity index is 351. The number of carbonyl (C=O) groups is 1. The van der Waals surface area contributed by atoms with Crippen molar-refractivity contribution in [3.63, 3.8) is 0 Å². The Labute approximate surface area is 77.5 Å². The molecule has 0 unspecified atom stereocenters. The standard InChI is InChI=1S/C11H12O2/c1-8-4-3-5-10(6-8)7-9(2)11(12)13/h3-7H,1-2H3,(H,12,13)/b9-7+. The van der Waals surface area contributed by atoms with E-state index in [4.69, 9.17) is 5.11 Å². The van der Waals surface area contributed by atoms with Gasteiger partial charge in [0.1, 0.15) is 0 Å². The van der Waals surface area contributed by atoms with Gasteiger partial charge in [0.15, 0.2) is 0 Å². The van der Waals surface area contributed by atoms with E-state index < -0.39 is 5.97 Å². The second-order valence-electron chi connectivity index (χ2n) is 3.05. The van der Waals surface area contributed by atoms with Crippen molar-refractivity contribution >= 4 is 12.0 Å². The highest BCUT2D eigenvalue weighted by molar-refractivity contribution is 5.91. The van der Waals surface area contributed by atoms with Crippen LogP contribution in [0.4, 0.5) is 0 Å². The summed E-state index contributed by atoms with van der Waals surface area (Å²) >= 11 is 0. The molecule has 1 aromatic carbocycles. The molecule has 13 heavy (non-hydrogen) atoms. The highest BCUT2D eigenvalue weighted by Crippen LogP contribution is 2.08. The van der Waals surface area contributed by atoms with E-state index in [-0.39, 0.29) is 0 Å². The molecule has 0 aliphatic rings. The molecular formula is C11H12O2. The number of aliphatic carboxylic acids is 1. The van der Waals surface area contributed by atoms with Crippen LogP contribution in [0.5, 0.6) is 0 Å². The van der Waals surface area contributed by atoms with Crippen molar-refractivity contribution in [1.82, 2.24) is 0 Å². The van der Waals surface area contributed by atoms with Crippen LogP contribution in [0.1, 0.15) is 18.1 Å². The molecule has 0 spiro atoms. The van der Waals surface area contributed by atoms with Crippen molar-refractivity contribution in [1.29, 1.82) is 0 Å². The molecule has 0 aromatic heterocycles. The first-order chi connectivity index (χ1) is 6.09. The molecule has 1 N–H and O–H groups in total. The number of aryl methyl sites for hydroxylation is 1. The maximum atomic E-state index is 10.5. The number of hydrogen-bond acceptors (Lipinski definition) is 1. The first-order valence-electron chi connectivity index (χ1n) is 4.08. The smallest absolute Gasteiger partial charge is 0.331 e. The molecule has 0 atom stereocenters. The average molecular weight is 176 g/mol. The van der Waals surface area contributed by atoms with Gasteiger partial charge in [-0.1, -0.05) is 29.8 Å². The third kappa shape index (κ3) is 2.75. The fraction of sp³-hybridized carbons (Fsp3) is 0.182. The summed E-state index contributed by atoms with van der Waals surface area (Å²) in [7, 11) is 0. The van der Waals surface area contributed by atoms with Gasteiger partial charge in [-0.3, -0.25) is 0 Å². The Morgan fingerprint density at radius 3 is 2.69 bits per heavy atom. The fourth-order valence-electron chi connectivity index (χ4n) is 1.07. The van der Waals surface area contributed by atoms with Gasteiger partial charge in [-0.2, -0.15) is 0 Å². The van der Waals surface area contributed by atoms with Gasteiger partial charge in [-0.05, 0) is 25.5 Å². The summed E-state index contributed by atoms with van der Waals surface area (Å²) in [5, 5.41) is 8.64. The first kappa shape index (κ1) is 9.52. The zero-order valence-corrected chi connectivity index (χ0v) is 7.74. The fourth-order valence-corrected chi connectivity index (χ4v) is 1.07. The normalized spacial score (nSPS) is 11.4. The van der Waals surface area contributed by atoms with Crippen molar-refractivity contribution in [3.8, 4) is 0 Å². The number of benzene rings is 1. The van der Waals surface area contributed by atoms with Crippen molar-refractivity contribution in [3.05, 3.63) is 41.0 Å². The summed E-state index contributed by atoms with van der Waals surface area (Å²) < 4.78 is 0. The van der Waals surface area contributed by atoms with Gasteiger partial charge in [0.2, 0.25) is 0 Å². The Morgan fingerprint density at radius 2 is 2.15 bits per heavy atom. The van der Waals surface area contributed by atoms with Gasteiger partial charge in [0.25, 0.3) is 0 Å². The van der Waals surface area contributed by atoms with Crippen LogP contribution in [0.3, 0.4) is 0 Å². The summed E-state index contributed by atoms with van der Waals surface area (Å²) in [4.78, 5) is 10.5. The SMILES string of the molecule is C/C(=C\c1cccc(C)c1)C(=O)O. The van der Waals surface area contributed by atoms with Gasteiger partial charge in [0.05, 0.1) is 0 Å². The Kier molecular flexibility index (Phi) is 2.85. The molecule has 0 radical (unpaired) electrons. The molecule has 0 saturated carbocycles. The predicted octanol–water partition coefficient (Wildman–Crippen LogP) is 2.48. The second kappa shape index (κ2) is 3.90. The zero-order valence-electron chi connectivity index (χ0n) is 7.74. The van der Waals surface area contributed by atoms with Crippen LogP contribution in [0.25, 0.3) is 6.08 Å². The van der Waals surface area contributed by atoms with E-state index in [2.05, 4.69) is 0 Å². The highest BCUT2D eigenvalue weighted by Gasteiger charge is 1.98. The van der Waals surface area contributed by atoms with E-state index in [1.54, 1.807) is 13.0 Å². The molecule has 0 bridgehead atoms. The molecule has 0 aliphatic heterocycles. The summed E-state index contributed by atoms with van der Waals surface area (Å²) in [6, 6.07) is 7.73. The third-order valence-corrected chi connectivity index (χ3v) is 1.76. The highest BCUT2D eigenvalue weighted by atomic mass is 16.4. The van der Waals surface area contributed by atoms with E-state index in [1.807, 2.05) is 31.2 Å². The molecule has 0 saturated heterocycles. The molecule has 0 heterocycles. The largest absolute Gasteiger partial charge is 0.478 e. The van der Waals surface area contributed by atoms with Crippen LogP contribution in [0.2, 0.25) is 0 Å². The van der Waals surface area contributed by atoms with Gasteiger partial charge in [0, 0.05) is 5.57 Å². The van der Waals surface area contributed by atoms with Crippen molar-refractivity contribution in [2.24, 2.45) is 0 Å². The molecular weight excluding hydrogens is 164 g/mol. The molecule has 1 aromatic rings. The van der Waals surface area contributed by atoms with Crippen LogP contribution < -0.4 is 0 Å². The number of rotatable bonds is 2. The second-order valence-corrected chi connectivity index (χ2v) is 3.05. The Morgan fingerprint density at radius 1 is 1.46 bits per heavy atom. The number of hydrogen-bond donors (Lipinski definition) is 1. The average Bonchev–Trinajstić information content (AvgIpc) is 2.04. The van der Waals surface area contributed by atoms with Crippen LogP contribution in [-0.2, 0) is 4.79 Å². The monoisotopic (exact) mass is 176 g/mol. The lowest BCUT2D eigenvalue weighted by Gasteiger charge is -1.97. The molecule has 1 rings (SSSR count). The summed E-state index contributed by atoms with van der Waals surface area (Å²) in [6.07, 6.45) is 1.66. The Balaban J connectivity index is 2.97. The topological polar surface area (TPSA) is 37.3 Å². The van der Waals surface area contributed by atoms with Crippen LogP contribution in [-0.4, -0.2) is 11.1 Å². The minimum absolute atomic E-state index is 0.352. The lowest BCUT2D eigenvalue weighted by molar-refractivity contribution is -0.132. The number of carboxylic acids is 1. The molecule has 0 aliphatic carbocycles. The van der Waals surface area contributed by atoms with E-state index in [0.717, 1.165) is 11.1 Å². The first-order valence-corrected chi connectivity index (χ1v) is 4.08. The van der Waals surface area contributed by atoms with Gasteiger partial charge >= 0.3 is 5.97 Å². The maximum absolute atomic E-state index is 10.5. The molecule has 0 fully saturated rings. The lowest BCUT2D eigenvalue weighted by atomic mass is 10.1. The van der Waals surface area contributed by atoms with E-state index in [1.165, 1.54) is 0 Å². The minimum atomic E-state index is -0.874. The minimum Gasteiger partial charge on any atom is -0.478 e. The molecule has 2 heteroatoms. The zero-order chi connectivity index (χ0) is 9.84. The van der Waals surface area contributed by atoms with E-state index in [9.17, 15) is 4.79 Å². The van der Waals surface area contributed by atoms with E-state index >= 15 is 0 Å². The van der Waals surface area contributed by atoms with Crippen molar-refractivity contribution < 1.29 is 9.90 Å². The quantitative estimate of drug-likeness (QED) is 0.703. The summed E-state index contributed by atoms with van der Waals surface area (Å²) in [5.74, 6) is -0.874.